The van der Waals surface area contributed by atoms with Crippen LogP contribution in [-0.2, 0) is 6.42 Å². The molecule has 1 saturated heterocycles. The van der Waals surface area contributed by atoms with E-state index in [4.69, 9.17) is 4.52 Å². The van der Waals surface area contributed by atoms with Crippen LogP contribution in [-0.4, -0.2) is 40.1 Å². The van der Waals surface area contributed by atoms with Gasteiger partial charge in [0.05, 0.1) is 6.04 Å². The van der Waals surface area contributed by atoms with Crippen molar-refractivity contribution in [2.24, 2.45) is 11.1 Å². The molecule has 3 rings (SSSR count). The number of rotatable bonds is 5. The van der Waals surface area contributed by atoms with E-state index in [1.165, 1.54) is 5.56 Å². The fraction of sp³-hybridized carbons (Fsp3) is 0.444. The fourth-order valence-corrected chi connectivity index (χ4v) is 3.66. The maximum atomic E-state index is 9.39. The van der Waals surface area contributed by atoms with Gasteiger partial charge >= 0.3 is 0 Å². The third-order valence-corrected chi connectivity index (χ3v) is 5.18. The third-order valence-electron chi connectivity index (χ3n) is 4.80. The molecule has 1 aromatic heterocycles. The summed E-state index contributed by atoms with van der Waals surface area (Å²) in [5, 5.41) is 16.7. The largest absolute Gasteiger partial charge is 0.410 e. The molecular weight excluding hydrogens is 370 g/mol. The quantitative estimate of drug-likeness (QED) is 0.475. The first-order chi connectivity index (χ1) is 11.7. The zero-order valence-corrected chi connectivity index (χ0v) is 15.3. The zero-order valence-electron chi connectivity index (χ0n) is 13.7. The number of likely N-dealkylation sites (tertiary alicyclic amines) is 1. The first-order valence-electron chi connectivity index (χ1n) is 8.30. The molecule has 0 amide bonds. The predicted molar refractivity (Wildman–Crippen MR) is 96.4 cm³/mol. The molecule has 1 aromatic carbocycles. The van der Waals surface area contributed by atoms with Crippen LogP contribution in [0, 0.1) is 5.92 Å². The molecule has 1 aliphatic rings. The Kier molecular flexibility index (Phi) is 5.68. The number of aromatic nitrogens is 1. The lowest BCUT2D eigenvalue weighted by Crippen LogP contribution is -2.44. The molecule has 1 unspecified atom stereocenters. The molecule has 0 saturated carbocycles. The Morgan fingerprint density at radius 1 is 1.38 bits per heavy atom. The van der Waals surface area contributed by atoms with Gasteiger partial charge in [-0.3, -0.25) is 4.90 Å². The zero-order chi connectivity index (χ0) is 16.9. The Bertz CT molecular complexity index is 679. The van der Waals surface area contributed by atoms with Gasteiger partial charge in [-0.25, -0.2) is 0 Å². The second kappa shape index (κ2) is 7.94. The van der Waals surface area contributed by atoms with Crippen molar-refractivity contribution in [2.45, 2.75) is 32.2 Å². The minimum absolute atomic E-state index is 0.00692. The van der Waals surface area contributed by atoms with E-state index in [0.29, 0.717) is 22.0 Å². The number of halogens is 1. The SMILES string of the molecule is CC(/C(=N/O)c1cc(Br)no1)N1CCC(Cc2ccccc2)CC1. The molecule has 1 N–H and O–H groups in total. The van der Waals surface area contributed by atoms with E-state index in [1.54, 1.807) is 6.07 Å². The average Bonchev–Trinajstić information content (AvgIpc) is 3.03. The Morgan fingerprint density at radius 2 is 2.08 bits per heavy atom. The Balaban J connectivity index is 1.57. The van der Waals surface area contributed by atoms with Gasteiger partial charge in [0.1, 0.15) is 10.3 Å². The molecule has 0 radical (unpaired) electrons. The second-order valence-corrected chi connectivity index (χ2v) is 7.16. The van der Waals surface area contributed by atoms with Gasteiger partial charge in [-0.15, -0.1) is 0 Å². The molecule has 24 heavy (non-hydrogen) atoms. The van der Waals surface area contributed by atoms with Crippen LogP contribution in [0.5, 0.6) is 0 Å². The van der Waals surface area contributed by atoms with E-state index in [1.807, 2.05) is 6.92 Å². The smallest absolute Gasteiger partial charge is 0.187 e. The molecule has 1 fully saturated rings. The van der Waals surface area contributed by atoms with Crippen molar-refractivity contribution in [3.63, 3.8) is 0 Å². The summed E-state index contributed by atoms with van der Waals surface area (Å²) < 4.78 is 5.82. The van der Waals surface area contributed by atoms with Crippen LogP contribution in [0.4, 0.5) is 0 Å². The van der Waals surface area contributed by atoms with Crippen molar-refractivity contribution in [3.8, 4) is 0 Å². The minimum atomic E-state index is -0.00692. The van der Waals surface area contributed by atoms with Gasteiger partial charge < -0.3 is 9.73 Å². The van der Waals surface area contributed by atoms with Gasteiger partial charge in [-0.05, 0) is 66.7 Å². The minimum Gasteiger partial charge on any atom is -0.410 e. The molecule has 5 nitrogen and oxygen atoms in total. The van der Waals surface area contributed by atoms with Gasteiger partial charge in [0.25, 0.3) is 0 Å². The van der Waals surface area contributed by atoms with Crippen LogP contribution in [0.1, 0.15) is 31.1 Å². The second-order valence-electron chi connectivity index (χ2n) is 6.34. The van der Waals surface area contributed by atoms with Crippen molar-refractivity contribution in [3.05, 3.63) is 52.3 Å². The highest BCUT2D eigenvalue weighted by Crippen LogP contribution is 2.24. The molecule has 0 aliphatic carbocycles. The summed E-state index contributed by atoms with van der Waals surface area (Å²) in [6.07, 6.45) is 3.44. The summed E-state index contributed by atoms with van der Waals surface area (Å²) in [6.45, 7) is 4.03. The maximum Gasteiger partial charge on any atom is 0.187 e. The van der Waals surface area contributed by atoms with Crippen LogP contribution < -0.4 is 0 Å². The van der Waals surface area contributed by atoms with Crippen LogP contribution in [0.2, 0.25) is 0 Å². The molecule has 1 aliphatic heterocycles. The summed E-state index contributed by atoms with van der Waals surface area (Å²) in [6, 6.07) is 12.4. The normalized spacial score (nSPS) is 18.7. The summed E-state index contributed by atoms with van der Waals surface area (Å²) in [5.41, 5.74) is 1.93. The van der Waals surface area contributed by atoms with E-state index in [9.17, 15) is 5.21 Å². The average molecular weight is 392 g/mol. The highest BCUT2D eigenvalue weighted by molar-refractivity contribution is 9.10. The van der Waals surface area contributed by atoms with E-state index in [-0.39, 0.29) is 6.04 Å². The summed E-state index contributed by atoms with van der Waals surface area (Å²) in [4.78, 5) is 2.34. The molecule has 0 bridgehead atoms. The van der Waals surface area contributed by atoms with Crippen molar-refractivity contribution >= 4 is 21.6 Å². The van der Waals surface area contributed by atoms with E-state index >= 15 is 0 Å². The van der Waals surface area contributed by atoms with Gasteiger partial charge in [-0.2, -0.15) is 0 Å². The number of benzene rings is 1. The predicted octanol–water partition coefficient (Wildman–Crippen LogP) is 3.96. The molecule has 6 heteroatoms. The van der Waals surface area contributed by atoms with Crippen LogP contribution >= 0.6 is 15.9 Å². The van der Waals surface area contributed by atoms with Crippen LogP contribution in [0.3, 0.4) is 0 Å². The molecule has 1 atom stereocenters. The van der Waals surface area contributed by atoms with E-state index < -0.39 is 0 Å². The Hall–Kier alpha value is -1.66. The van der Waals surface area contributed by atoms with Gasteiger partial charge in [0.15, 0.2) is 5.76 Å². The highest BCUT2D eigenvalue weighted by Gasteiger charge is 2.28. The summed E-state index contributed by atoms with van der Waals surface area (Å²) in [7, 11) is 0. The van der Waals surface area contributed by atoms with E-state index in [0.717, 1.165) is 32.4 Å². The number of hydrogen-bond acceptors (Lipinski definition) is 5. The lowest BCUT2D eigenvalue weighted by molar-refractivity contribution is 0.166. The number of nitrogens with zero attached hydrogens (tertiary/aromatic N) is 3. The topological polar surface area (TPSA) is 61.9 Å². The summed E-state index contributed by atoms with van der Waals surface area (Å²) >= 11 is 3.26. The van der Waals surface area contributed by atoms with Gasteiger partial charge in [-0.1, -0.05) is 40.6 Å². The van der Waals surface area contributed by atoms with Crippen LogP contribution in [0.15, 0.2) is 50.7 Å². The van der Waals surface area contributed by atoms with Gasteiger partial charge in [0.2, 0.25) is 0 Å². The van der Waals surface area contributed by atoms with Crippen molar-refractivity contribution in [1.29, 1.82) is 0 Å². The Morgan fingerprint density at radius 3 is 2.67 bits per heavy atom. The highest BCUT2D eigenvalue weighted by atomic mass is 79.9. The maximum absolute atomic E-state index is 9.39. The monoisotopic (exact) mass is 391 g/mol. The molecule has 0 spiro atoms. The Labute approximate surface area is 150 Å². The lowest BCUT2D eigenvalue weighted by Gasteiger charge is -2.35. The van der Waals surface area contributed by atoms with Gasteiger partial charge in [0, 0.05) is 6.07 Å². The summed E-state index contributed by atoms with van der Waals surface area (Å²) in [5.74, 6) is 1.22. The molecule has 2 heterocycles. The van der Waals surface area contributed by atoms with Crippen LogP contribution in [0.25, 0.3) is 0 Å². The fourth-order valence-electron chi connectivity index (χ4n) is 3.38. The van der Waals surface area contributed by atoms with Crippen molar-refractivity contribution < 1.29 is 9.73 Å². The number of hydrogen-bond donors (Lipinski definition) is 1. The third kappa shape index (κ3) is 4.05. The van der Waals surface area contributed by atoms with Crippen molar-refractivity contribution in [1.82, 2.24) is 10.1 Å². The lowest BCUT2D eigenvalue weighted by atomic mass is 9.89. The molecule has 2 aromatic rings. The number of oxime groups is 1. The first-order valence-corrected chi connectivity index (χ1v) is 9.09. The molecule has 128 valence electrons. The standard InChI is InChI=1S/C18H22BrN3O2/c1-13(18(20-23)16-12-17(19)21-24-16)22-9-7-15(8-10-22)11-14-5-3-2-4-6-14/h2-6,12-13,15,23H,7-11H2,1H3/b20-18-. The van der Waals surface area contributed by atoms with E-state index in [2.05, 4.69) is 61.5 Å². The van der Waals surface area contributed by atoms with Crippen molar-refractivity contribution in [2.75, 3.05) is 13.1 Å². The number of piperidine rings is 1. The first kappa shape index (κ1) is 17.2. The molecular formula is C18H22BrN3O2.